The van der Waals surface area contributed by atoms with E-state index in [0.717, 1.165) is 31.9 Å². The van der Waals surface area contributed by atoms with Crippen LogP contribution in [0.3, 0.4) is 0 Å². The van der Waals surface area contributed by atoms with Crippen molar-refractivity contribution in [3.05, 3.63) is 66.1 Å². The van der Waals surface area contributed by atoms with Gasteiger partial charge >= 0.3 is 0 Å². The second-order valence-corrected chi connectivity index (χ2v) is 8.34. The second kappa shape index (κ2) is 10.3. The summed E-state index contributed by atoms with van der Waals surface area (Å²) in [6.07, 6.45) is 3.09. The summed E-state index contributed by atoms with van der Waals surface area (Å²) >= 11 is 1.54. The summed E-state index contributed by atoms with van der Waals surface area (Å²) < 4.78 is 5.29. The third-order valence-electron chi connectivity index (χ3n) is 4.93. The lowest BCUT2D eigenvalue weighted by atomic mass is 10.2. The Morgan fingerprint density at radius 2 is 1.84 bits per heavy atom. The van der Waals surface area contributed by atoms with Crippen LogP contribution in [0.5, 0.6) is 0 Å². The number of nitrogens with zero attached hydrogens (tertiary/aromatic N) is 6. The molecule has 4 N–H and O–H groups in total. The van der Waals surface area contributed by atoms with Gasteiger partial charge in [0.25, 0.3) is 5.95 Å². The molecule has 0 spiro atoms. The highest BCUT2D eigenvalue weighted by atomic mass is 32.2. The first-order chi connectivity index (χ1) is 15.6. The van der Waals surface area contributed by atoms with E-state index in [0.29, 0.717) is 22.6 Å². The van der Waals surface area contributed by atoms with E-state index in [1.807, 2.05) is 18.2 Å². The van der Waals surface area contributed by atoms with E-state index in [-0.39, 0.29) is 11.8 Å². The highest BCUT2D eigenvalue weighted by Crippen LogP contribution is 2.24. The average Bonchev–Trinajstić information content (AvgIpc) is 3.34. The number of likely N-dealkylation sites (N-methyl/N-ethyl adjacent to an activating group) is 1. The van der Waals surface area contributed by atoms with Gasteiger partial charge in [0.05, 0.1) is 12.0 Å². The fourth-order valence-electron chi connectivity index (χ4n) is 3.14. The predicted molar refractivity (Wildman–Crippen MR) is 128 cm³/mol. The molecule has 4 rings (SSSR count). The number of benzene rings is 1. The molecule has 3 heterocycles. The standard InChI is InChI=1S/C22H26N8OS/c1-29-9-11-30(12-10-29)21-26-20(25-19(24)14-17(23)18-8-5-13-31-18)27-22(28-21)32-15-16-6-3-2-4-7-16/h2-8,13-14H,9-12,15,23H2,1H3,(H2,24,25,26,27,28)/b17-14-. The van der Waals surface area contributed by atoms with E-state index >= 15 is 0 Å². The van der Waals surface area contributed by atoms with Crippen LogP contribution in [0.1, 0.15) is 11.3 Å². The van der Waals surface area contributed by atoms with Gasteiger partial charge in [0.1, 0.15) is 11.6 Å². The Labute approximate surface area is 191 Å². The van der Waals surface area contributed by atoms with Crippen molar-refractivity contribution >= 4 is 35.2 Å². The molecule has 0 bridgehead atoms. The number of aliphatic imine (C=N–C) groups is 1. The Bertz CT molecular complexity index is 1080. The molecule has 1 saturated heterocycles. The molecule has 10 heteroatoms. The number of anilines is 1. The molecule has 2 aromatic heterocycles. The van der Waals surface area contributed by atoms with E-state index in [1.54, 1.807) is 30.2 Å². The summed E-state index contributed by atoms with van der Waals surface area (Å²) in [5.41, 5.74) is 13.7. The molecule has 0 amide bonds. The fraction of sp³-hybridized carbons (Fsp3) is 0.273. The molecular weight excluding hydrogens is 424 g/mol. The average molecular weight is 451 g/mol. The Kier molecular flexibility index (Phi) is 7.03. The fourth-order valence-corrected chi connectivity index (χ4v) is 3.92. The maximum Gasteiger partial charge on any atom is 0.257 e. The number of amidine groups is 1. The lowest BCUT2D eigenvalue weighted by Crippen LogP contribution is -2.45. The van der Waals surface area contributed by atoms with Gasteiger partial charge in [0.2, 0.25) is 5.95 Å². The molecule has 1 fully saturated rings. The number of aromatic nitrogens is 3. The van der Waals surface area contributed by atoms with E-state index in [2.05, 4.69) is 48.9 Å². The van der Waals surface area contributed by atoms with E-state index < -0.39 is 0 Å². The van der Waals surface area contributed by atoms with Crippen LogP contribution in [0.15, 0.2) is 69.4 Å². The Morgan fingerprint density at radius 1 is 1.06 bits per heavy atom. The minimum Gasteiger partial charge on any atom is -0.463 e. The molecule has 9 nitrogen and oxygen atoms in total. The lowest BCUT2D eigenvalue weighted by Gasteiger charge is -2.32. The molecular formula is C22H26N8OS. The van der Waals surface area contributed by atoms with E-state index in [1.165, 1.54) is 11.6 Å². The summed E-state index contributed by atoms with van der Waals surface area (Å²) in [5, 5.41) is 0.604. The van der Waals surface area contributed by atoms with Crippen LogP contribution in [0.25, 0.3) is 5.70 Å². The zero-order valence-corrected chi connectivity index (χ0v) is 18.7. The van der Waals surface area contributed by atoms with Crippen molar-refractivity contribution in [1.82, 2.24) is 19.9 Å². The zero-order valence-electron chi connectivity index (χ0n) is 17.9. The highest BCUT2D eigenvalue weighted by Gasteiger charge is 2.19. The Morgan fingerprint density at radius 3 is 2.56 bits per heavy atom. The van der Waals surface area contributed by atoms with Crippen molar-refractivity contribution in [2.24, 2.45) is 16.5 Å². The second-order valence-electron chi connectivity index (χ2n) is 7.40. The summed E-state index contributed by atoms with van der Waals surface area (Å²) in [4.78, 5) is 22.6. The number of thioether (sulfide) groups is 1. The van der Waals surface area contributed by atoms with Crippen molar-refractivity contribution in [3.63, 3.8) is 0 Å². The minimum absolute atomic E-state index is 0.188. The smallest absolute Gasteiger partial charge is 0.257 e. The van der Waals surface area contributed by atoms with Gasteiger partial charge < -0.3 is 25.7 Å². The Hall–Kier alpha value is -3.37. The van der Waals surface area contributed by atoms with Gasteiger partial charge in [0, 0.05) is 38.0 Å². The molecule has 1 aliphatic heterocycles. The van der Waals surface area contributed by atoms with Crippen molar-refractivity contribution in [2.45, 2.75) is 10.9 Å². The van der Waals surface area contributed by atoms with Gasteiger partial charge in [-0.2, -0.15) is 19.9 Å². The van der Waals surface area contributed by atoms with Crippen LogP contribution in [0.2, 0.25) is 0 Å². The van der Waals surface area contributed by atoms with Crippen LogP contribution < -0.4 is 16.4 Å². The van der Waals surface area contributed by atoms with Gasteiger partial charge in [-0.3, -0.25) is 0 Å². The van der Waals surface area contributed by atoms with Crippen LogP contribution in [0.4, 0.5) is 11.9 Å². The minimum atomic E-state index is 0.188. The number of furan rings is 1. The third kappa shape index (κ3) is 5.86. The monoisotopic (exact) mass is 450 g/mol. The molecule has 3 aromatic rings. The summed E-state index contributed by atoms with van der Waals surface area (Å²) in [6.45, 7) is 3.57. The third-order valence-corrected chi connectivity index (χ3v) is 5.84. The van der Waals surface area contributed by atoms with Crippen molar-refractivity contribution in [2.75, 3.05) is 38.1 Å². The molecule has 0 atom stereocenters. The molecule has 0 saturated carbocycles. The van der Waals surface area contributed by atoms with Crippen LogP contribution >= 0.6 is 11.8 Å². The summed E-state index contributed by atoms with van der Waals surface area (Å²) in [6, 6.07) is 13.7. The van der Waals surface area contributed by atoms with E-state index in [4.69, 9.17) is 15.9 Å². The number of piperazine rings is 1. The van der Waals surface area contributed by atoms with Crippen LogP contribution in [-0.4, -0.2) is 58.9 Å². The van der Waals surface area contributed by atoms with Gasteiger partial charge in [0.15, 0.2) is 5.16 Å². The first-order valence-corrected chi connectivity index (χ1v) is 11.3. The number of rotatable bonds is 7. The van der Waals surface area contributed by atoms with Gasteiger partial charge in [-0.1, -0.05) is 42.1 Å². The van der Waals surface area contributed by atoms with Gasteiger partial charge in [-0.25, -0.2) is 0 Å². The molecule has 0 aliphatic carbocycles. The molecule has 1 aromatic carbocycles. The van der Waals surface area contributed by atoms with Crippen LogP contribution in [-0.2, 0) is 5.75 Å². The lowest BCUT2D eigenvalue weighted by molar-refractivity contribution is 0.311. The molecule has 166 valence electrons. The summed E-state index contributed by atoms with van der Waals surface area (Å²) in [5.74, 6) is 2.32. The molecule has 32 heavy (non-hydrogen) atoms. The van der Waals surface area contributed by atoms with Crippen molar-refractivity contribution < 1.29 is 4.42 Å². The van der Waals surface area contributed by atoms with Crippen molar-refractivity contribution in [1.29, 1.82) is 0 Å². The van der Waals surface area contributed by atoms with E-state index in [9.17, 15) is 0 Å². The maximum atomic E-state index is 6.10. The van der Waals surface area contributed by atoms with Gasteiger partial charge in [-0.15, -0.1) is 0 Å². The summed E-state index contributed by atoms with van der Waals surface area (Å²) in [7, 11) is 2.11. The Balaban J connectivity index is 1.59. The first-order valence-electron chi connectivity index (χ1n) is 10.3. The largest absolute Gasteiger partial charge is 0.463 e. The quantitative estimate of drug-likeness (QED) is 0.317. The zero-order chi connectivity index (χ0) is 22.3. The topological polar surface area (TPSA) is 123 Å². The SMILES string of the molecule is CN1CCN(c2nc(/N=C(N)/C=C(\N)c3ccco3)nc(SCc3ccccc3)n2)CC1. The maximum absolute atomic E-state index is 6.10. The molecule has 0 unspecified atom stereocenters. The number of hydrogen-bond donors (Lipinski definition) is 2. The molecule has 1 aliphatic rings. The highest BCUT2D eigenvalue weighted by molar-refractivity contribution is 7.98. The number of hydrogen-bond acceptors (Lipinski definition) is 9. The van der Waals surface area contributed by atoms with Crippen LogP contribution in [0, 0.1) is 0 Å². The normalized spacial score (nSPS) is 15.8. The first kappa shape index (κ1) is 21.8. The van der Waals surface area contributed by atoms with Gasteiger partial charge in [-0.05, 0) is 24.7 Å². The predicted octanol–water partition coefficient (Wildman–Crippen LogP) is 2.50. The molecule has 0 radical (unpaired) electrons. The van der Waals surface area contributed by atoms with Crippen molar-refractivity contribution in [3.8, 4) is 0 Å². The number of nitrogens with two attached hydrogens (primary N) is 2.